The number of aryl methyl sites for hydroxylation is 3. The van der Waals surface area contributed by atoms with Crippen molar-refractivity contribution in [3.8, 4) is 5.75 Å². The molecule has 0 aliphatic heterocycles. The van der Waals surface area contributed by atoms with Crippen LogP contribution >= 0.6 is 11.8 Å². The fourth-order valence-corrected chi connectivity index (χ4v) is 3.66. The lowest BCUT2D eigenvalue weighted by Gasteiger charge is -2.12. The minimum absolute atomic E-state index is 0.125. The summed E-state index contributed by atoms with van der Waals surface area (Å²) >= 11 is 1.25. The quantitative estimate of drug-likeness (QED) is 0.420. The maximum absolute atomic E-state index is 12.5. The van der Waals surface area contributed by atoms with Gasteiger partial charge >= 0.3 is 0 Å². The first-order valence-electron chi connectivity index (χ1n) is 9.83. The molecule has 0 saturated carbocycles. The van der Waals surface area contributed by atoms with E-state index in [0.717, 1.165) is 23.4 Å². The summed E-state index contributed by atoms with van der Waals surface area (Å²) < 4.78 is 7.20. The van der Waals surface area contributed by atoms with Gasteiger partial charge in [-0.05, 0) is 56.5 Å². The first kappa shape index (κ1) is 21.7. The lowest BCUT2D eigenvalue weighted by atomic mass is 10.1. The molecule has 158 valence electrons. The van der Waals surface area contributed by atoms with E-state index in [1.54, 1.807) is 6.92 Å². The lowest BCUT2D eigenvalue weighted by molar-refractivity contribution is -0.115. The predicted octanol–water partition coefficient (Wildman–Crippen LogP) is 3.87. The Hall–Kier alpha value is -3.00. The van der Waals surface area contributed by atoms with Gasteiger partial charge in [-0.2, -0.15) is 0 Å². The third-order valence-corrected chi connectivity index (χ3v) is 5.76. The Kier molecular flexibility index (Phi) is 6.99. The molecule has 0 bridgehead atoms. The van der Waals surface area contributed by atoms with E-state index in [4.69, 9.17) is 10.6 Å². The number of nitrogen functional groups attached to an aromatic ring is 1. The van der Waals surface area contributed by atoms with Gasteiger partial charge in [-0.25, -0.2) is 4.68 Å². The molecule has 3 aromatic rings. The van der Waals surface area contributed by atoms with Gasteiger partial charge in [-0.3, -0.25) is 4.79 Å². The number of thioether (sulfide) groups is 1. The second kappa shape index (κ2) is 9.67. The van der Waals surface area contributed by atoms with Crippen molar-refractivity contribution in [1.82, 2.24) is 14.9 Å². The molecule has 0 aliphatic rings. The highest BCUT2D eigenvalue weighted by Gasteiger charge is 2.20. The van der Waals surface area contributed by atoms with Crippen molar-refractivity contribution in [1.29, 1.82) is 0 Å². The summed E-state index contributed by atoms with van der Waals surface area (Å²) in [5.74, 6) is 7.26. The Morgan fingerprint density at radius 2 is 1.93 bits per heavy atom. The summed E-state index contributed by atoms with van der Waals surface area (Å²) in [7, 11) is 0. The molecule has 1 atom stereocenters. The summed E-state index contributed by atoms with van der Waals surface area (Å²) in [6.45, 7) is 8.12. The average Bonchev–Trinajstić information content (AvgIpc) is 3.07. The van der Waals surface area contributed by atoms with Crippen molar-refractivity contribution in [2.24, 2.45) is 0 Å². The van der Waals surface area contributed by atoms with Crippen molar-refractivity contribution in [3.05, 3.63) is 65.0 Å². The molecule has 0 fully saturated rings. The molecular formula is C22H27N5O2S. The minimum atomic E-state index is -0.393. The summed E-state index contributed by atoms with van der Waals surface area (Å²) in [5, 5.41) is 11.2. The van der Waals surface area contributed by atoms with Gasteiger partial charge in [0, 0.05) is 5.69 Å². The standard InChI is InChI=1S/C22H27N5O2S/c1-5-17-7-9-18(10-8-17)24-21(28)16(4)30-22-26-25-20(27(22)23)13-29-19-11-6-14(2)12-15(19)3/h6-12,16H,5,13,23H2,1-4H3,(H,24,28)/t16-/m1/s1. The molecule has 30 heavy (non-hydrogen) atoms. The molecule has 0 spiro atoms. The van der Waals surface area contributed by atoms with Crippen LogP contribution in [0.15, 0.2) is 47.6 Å². The Morgan fingerprint density at radius 1 is 1.20 bits per heavy atom. The summed E-state index contributed by atoms with van der Waals surface area (Å²) in [6.07, 6.45) is 0.960. The summed E-state index contributed by atoms with van der Waals surface area (Å²) in [6, 6.07) is 13.8. The van der Waals surface area contributed by atoms with Crippen LogP contribution in [-0.4, -0.2) is 26.0 Å². The summed E-state index contributed by atoms with van der Waals surface area (Å²) in [5.41, 5.74) is 4.21. The smallest absolute Gasteiger partial charge is 0.237 e. The van der Waals surface area contributed by atoms with Crippen molar-refractivity contribution in [3.63, 3.8) is 0 Å². The van der Waals surface area contributed by atoms with Gasteiger partial charge in [0.2, 0.25) is 11.1 Å². The number of nitrogens with zero attached hydrogens (tertiary/aromatic N) is 3. The Morgan fingerprint density at radius 3 is 2.60 bits per heavy atom. The molecule has 7 nitrogen and oxygen atoms in total. The third-order valence-electron chi connectivity index (χ3n) is 4.70. The number of anilines is 1. The van der Waals surface area contributed by atoms with E-state index in [-0.39, 0.29) is 12.5 Å². The van der Waals surface area contributed by atoms with Crippen molar-refractivity contribution < 1.29 is 9.53 Å². The van der Waals surface area contributed by atoms with E-state index in [2.05, 4.69) is 28.5 Å². The normalized spacial score (nSPS) is 11.9. The fraction of sp³-hybridized carbons (Fsp3) is 0.318. The van der Waals surface area contributed by atoms with E-state index in [1.807, 2.05) is 50.2 Å². The van der Waals surface area contributed by atoms with Crippen LogP contribution in [0.4, 0.5) is 5.69 Å². The monoisotopic (exact) mass is 425 g/mol. The number of rotatable bonds is 8. The molecule has 0 aliphatic carbocycles. The van der Waals surface area contributed by atoms with E-state index >= 15 is 0 Å². The molecule has 3 rings (SSSR count). The van der Waals surface area contributed by atoms with E-state index in [1.165, 1.54) is 27.6 Å². The van der Waals surface area contributed by atoms with Crippen molar-refractivity contribution >= 4 is 23.4 Å². The van der Waals surface area contributed by atoms with Gasteiger partial charge in [-0.1, -0.05) is 48.5 Å². The van der Waals surface area contributed by atoms with Crippen LogP contribution in [0.2, 0.25) is 0 Å². The highest BCUT2D eigenvalue weighted by molar-refractivity contribution is 8.00. The van der Waals surface area contributed by atoms with Crippen LogP contribution in [-0.2, 0) is 17.8 Å². The molecular weight excluding hydrogens is 398 g/mol. The number of nitrogens with two attached hydrogens (primary N) is 1. The topological polar surface area (TPSA) is 95.1 Å². The number of carbonyl (C=O) groups excluding carboxylic acids is 1. The zero-order valence-corrected chi connectivity index (χ0v) is 18.5. The average molecular weight is 426 g/mol. The molecule has 3 N–H and O–H groups in total. The maximum Gasteiger partial charge on any atom is 0.237 e. The number of benzene rings is 2. The highest BCUT2D eigenvalue weighted by atomic mass is 32.2. The fourth-order valence-electron chi connectivity index (χ4n) is 2.87. The Bertz CT molecular complexity index is 1020. The van der Waals surface area contributed by atoms with Gasteiger partial charge in [0.1, 0.15) is 12.4 Å². The first-order valence-corrected chi connectivity index (χ1v) is 10.7. The number of nitrogens with one attached hydrogen (secondary N) is 1. The van der Waals surface area contributed by atoms with Crippen molar-refractivity contribution in [2.45, 2.75) is 51.1 Å². The maximum atomic E-state index is 12.5. The minimum Gasteiger partial charge on any atom is -0.485 e. The van der Waals surface area contributed by atoms with E-state index in [0.29, 0.717) is 11.0 Å². The number of ether oxygens (including phenoxy) is 1. The van der Waals surface area contributed by atoms with Crippen LogP contribution in [0.1, 0.15) is 36.4 Å². The van der Waals surface area contributed by atoms with E-state index in [9.17, 15) is 4.79 Å². The second-order valence-electron chi connectivity index (χ2n) is 7.13. The predicted molar refractivity (Wildman–Crippen MR) is 120 cm³/mol. The number of hydrogen-bond donors (Lipinski definition) is 2. The molecule has 0 unspecified atom stereocenters. The van der Waals surface area contributed by atoms with Gasteiger partial charge in [-0.15, -0.1) is 10.2 Å². The second-order valence-corrected chi connectivity index (χ2v) is 8.43. The number of carbonyl (C=O) groups is 1. The molecule has 2 aromatic carbocycles. The molecule has 0 saturated heterocycles. The number of aromatic nitrogens is 3. The largest absolute Gasteiger partial charge is 0.485 e. The van der Waals surface area contributed by atoms with Crippen molar-refractivity contribution in [2.75, 3.05) is 11.2 Å². The van der Waals surface area contributed by atoms with Crippen LogP contribution in [0.5, 0.6) is 5.75 Å². The van der Waals surface area contributed by atoms with Gasteiger partial charge in [0.15, 0.2) is 5.82 Å². The van der Waals surface area contributed by atoms with Gasteiger partial charge in [0.25, 0.3) is 0 Å². The number of amides is 1. The van der Waals surface area contributed by atoms with Gasteiger partial charge in [0.05, 0.1) is 5.25 Å². The molecule has 8 heteroatoms. The van der Waals surface area contributed by atoms with Crippen LogP contribution < -0.4 is 15.9 Å². The SMILES string of the molecule is CCc1ccc(NC(=O)[C@@H](C)Sc2nnc(COc3ccc(C)cc3C)n2N)cc1. The Labute approximate surface area is 181 Å². The molecule has 1 aromatic heterocycles. The highest BCUT2D eigenvalue weighted by Crippen LogP contribution is 2.24. The third kappa shape index (κ3) is 5.33. The van der Waals surface area contributed by atoms with Gasteiger partial charge < -0.3 is 15.9 Å². The van der Waals surface area contributed by atoms with E-state index < -0.39 is 5.25 Å². The van der Waals surface area contributed by atoms with Crippen LogP contribution in [0.25, 0.3) is 0 Å². The summed E-state index contributed by atoms with van der Waals surface area (Å²) in [4.78, 5) is 12.5. The zero-order chi connectivity index (χ0) is 21.7. The lowest BCUT2D eigenvalue weighted by Crippen LogP contribution is -2.24. The van der Waals surface area contributed by atoms with Crippen LogP contribution in [0, 0.1) is 13.8 Å². The first-order chi connectivity index (χ1) is 14.4. The Balaban J connectivity index is 1.58. The zero-order valence-electron chi connectivity index (χ0n) is 17.7. The molecule has 1 amide bonds. The molecule has 1 heterocycles. The number of hydrogen-bond acceptors (Lipinski definition) is 6. The molecule has 0 radical (unpaired) electrons. The van der Waals surface area contributed by atoms with Crippen LogP contribution in [0.3, 0.4) is 0 Å².